The minimum atomic E-state index is -1.14. The summed E-state index contributed by atoms with van der Waals surface area (Å²) in [4.78, 5) is 0. The molecule has 0 bridgehead atoms. The lowest BCUT2D eigenvalue weighted by atomic mass is 10.1. The molecular formula is C8H13N3O3. The van der Waals surface area contributed by atoms with Crippen molar-refractivity contribution in [2.75, 3.05) is 12.3 Å². The van der Waals surface area contributed by atoms with Crippen molar-refractivity contribution in [2.45, 2.75) is 18.6 Å². The van der Waals surface area contributed by atoms with Crippen LogP contribution in [0.2, 0.25) is 0 Å². The van der Waals surface area contributed by atoms with Gasteiger partial charge in [-0.05, 0) is 18.6 Å². The number of anilines is 1. The quantitative estimate of drug-likeness (QED) is 0.486. The predicted molar refractivity (Wildman–Crippen MR) is 49.1 cm³/mol. The average Bonchev–Trinajstić information content (AvgIpc) is 2.18. The van der Waals surface area contributed by atoms with Gasteiger partial charge in [0.1, 0.15) is 11.9 Å². The molecule has 0 aliphatic heterocycles. The maximum Gasteiger partial charge on any atom is 0.146 e. The van der Waals surface area contributed by atoms with Crippen LogP contribution in [0.3, 0.4) is 0 Å². The van der Waals surface area contributed by atoms with Crippen molar-refractivity contribution >= 4 is 5.82 Å². The van der Waals surface area contributed by atoms with Crippen LogP contribution in [-0.4, -0.2) is 38.2 Å². The molecule has 2 unspecified atom stereocenters. The molecule has 1 rings (SSSR count). The first-order chi connectivity index (χ1) is 6.65. The number of nitrogens with two attached hydrogens (primary N) is 1. The molecule has 6 heteroatoms. The molecule has 5 N–H and O–H groups in total. The lowest BCUT2D eigenvalue weighted by Gasteiger charge is -2.15. The van der Waals surface area contributed by atoms with Crippen molar-refractivity contribution in [3.05, 3.63) is 17.8 Å². The number of aromatic nitrogens is 2. The lowest BCUT2D eigenvalue weighted by Crippen LogP contribution is -2.20. The highest BCUT2D eigenvalue weighted by molar-refractivity contribution is 5.26. The van der Waals surface area contributed by atoms with Gasteiger partial charge >= 0.3 is 0 Å². The van der Waals surface area contributed by atoms with Crippen LogP contribution in [0.5, 0.6) is 0 Å². The van der Waals surface area contributed by atoms with E-state index in [1.54, 1.807) is 0 Å². The average molecular weight is 199 g/mol. The minimum absolute atomic E-state index is 0.0905. The Bertz CT molecular complexity index is 278. The zero-order chi connectivity index (χ0) is 10.6. The molecule has 0 fully saturated rings. The molecule has 1 aromatic heterocycles. The lowest BCUT2D eigenvalue weighted by molar-refractivity contribution is 0.00147. The Kier molecular flexibility index (Phi) is 3.75. The van der Waals surface area contributed by atoms with Gasteiger partial charge in [0, 0.05) is 6.61 Å². The first kappa shape index (κ1) is 10.8. The Hall–Kier alpha value is -1.24. The molecule has 0 aliphatic carbocycles. The predicted octanol–water partition coefficient (Wildman–Crippen LogP) is -1.16. The minimum Gasteiger partial charge on any atom is -0.396 e. The van der Waals surface area contributed by atoms with Crippen molar-refractivity contribution in [3.63, 3.8) is 0 Å². The summed E-state index contributed by atoms with van der Waals surface area (Å²) in [5, 5.41) is 34.5. The molecule has 1 heterocycles. The van der Waals surface area contributed by atoms with Crippen LogP contribution in [-0.2, 0) is 0 Å². The molecule has 78 valence electrons. The fourth-order valence-electron chi connectivity index (χ4n) is 0.998. The molecule has 0 radical (unpaired) electrons. The SMILES string of the molecule is Nc1ccc(C(O)C(O)CCO)nn1. The van der Waals surface area contributed by atoms with Crippen molar-refractivity contribution in [3.8, 4) is 0 Å². The van der Waals surface area contributed by atoms with Gasteiger partial charge in [-0.15, -0.1) is 5.10 Å². The molecule has 0 aliphatic rings. The van der Waals surface area contributed by atoms with Crippen molar-refractivity contribution in [1.29, 1.82) is 0 Å². The van der Waals surface area contributed by atoms with Crippen LogP contribution in [0.1, 0.15) is 18.2 Å². The molecule has 1 aromatic rings. The van der Waals surface area contributed by atoms with Gasteiger partial charge in [0.15, 0.2) is 0 Å². The number of aliphatic hydroxyl groups excluding tert-OH is 3. The van der Waals surface area contributed by atoms with E-state index in [0.717, 1.165) is 0 Å². The largest absolute Gasteiger partial charge is 0.396 e. The van der Waals surface area contributed by atoms with Crippen molar-refractivity contribution in [2.24, 2.45) is 0 Å². The molecule has 14 heavy (non-hydrogen) atoms. The van der Waals surface area contributed by atoms with Gasteiger partial charge in [0.05, 0.1) is 11.8 Å². The number of aliphatic hydroxyl groups is 3. The van der Waals surface area contributed by atoms with Crippen LogP contribution < -0.4 is 5.73 Å². The molecule has 0 saturated carbocycles. The van der Waals surface area contributed by atoms with Crippen LogP contribution in [0.25, 0.3) is 0 Å². The Morgan fingerprint density at radius 3 is 2.50 bits per heavy atom. The first-order valence-corrected chi connectivity index (χ1v) is 4.21. The summed E-state index contributed by atoms with van der Waals surface area (Å²) >= 11 is 0. The summed E-state index contributed by atoms with van der Waals surface area (Å²) in [5.41, 5.74) is 5.54. The fraction of sp³-hybridized carbons (Fsp3) is 0.500. The zero-order valence-corrected chi connectivity index (χ0v) is 7.54. The highest BCUT2D eigenvalue weighted by Gasteiger charge is 2.19. The second kappa shape index (κ2) is 4.85. The monoisotopic (exact) mass is 199 g/mol. The van der Waals surface area contributed by atoms with E-state index >= 15 is 0 Å². The second-order valence-electron chi connectivity index (χ2n) is 2.91. The van der Waals surface area contributed by atoms with E-state index in [2.05, 4.69) is 10.2 Å². The maximum absolute atomic E-state index is 9.51. The summed E-state index contributed by atoms with van der Waals surface area (Å²) in [6.07, 6.45) is -2.10. The molecule has 0 amide bonds. The number of rotatable bonds is 4. The number of nitrogens with zero attached hydrogens (tertiary/aromatic N) is 2. The van der Waals surface area contributed by atoms with Crippen molar-refractivity contribution in [1.82, 2.24) is 10.2 Å². The molecule has 2 atom stereocenters. The Morgan fingerprint density at radius 1 is 1.29 bits per heavy atom. The Labute approximate surface area is 81.0 Å². The van der Waals surface area contributed by atoms with E-state index in [4.69, 9.17) is 10.8 Å². The summed E-state index contributed by atoms with van der Waals surface area (Å²) in [7, 11) is 0. The van der Waals surface area contributed by atoms with Crippen molar-refractivity contribution < 1.29 is 15.3 Å². The van der Waals surface area contributed by atoms with Crippen LogP contribution in [0, 0.1) is 0 Å². The third-order valence-electron chi connectivity index (χ3n) is 1.80. The molecular weight excluding hydrogens is 186 g/mol. The normalized spacial score (nSPS) is 15.1. The van der Waals surface area contributed by atoms with Crippen LogP contribution >= 0.6 is 0 Å². The first-order valence-electron chi connectivity index (χ1n) is 4.21. The highest BCUT2D eigenvalue weighted by Crippen LogP contribution is 2.16. The summed E-state index contributed by atoms with van der Waals surface area (Å²) < 4.78 is 0. The van der Waals surface area contributed by atoms with Gasteiger partial charge in [-0.3, -0.25) is 0 Å². The Morgan fingerprint density at radius 2 is 2.00 bits per heavy atom. The zero-order valence-electron chi connectivity index (χ0n) is 7.54. The van der Waals surface area contributed by atoms with Crippen LogP contribution in [0.4, 0.5) is 5.82 Å². The fourth-order valence-corrected chi connectivity index (χ4v) is 0.998. The Balaban J connectivity index is 2.68. The van der Waals surface area contributed by atoms with Gasteiger partial charge in [-0.25, -0.2) is 0 Å². The summed E-state index contributed by atoms with van der Waals surface area (Å²) in [6.45, 7) is -0.194. The smallest absolute Gasteiger partial charge is 0.146 e. The number of nitrogen functional groups attached to an aromatic ring is 1. The summed E-state index contributed by atoms with van der Waals surface area (Å²) in [5.74, 6) is 0.248. The van der Waals surface area contributed by atoms with E-state index < -0.39 is 12.2 Å². The van der Waals surface area contributed by atoms with E-state index in [1.807, 2.05) is 0 Å². The molecule has 0 saturated heterocycles. The molecule has 0 aromatic carbocycles. The summed E-state index contributed by atoms with van der Waals surface area (Å²) in [6, 6.07) is 2.96. The van der Waals surface area contributed by atoms with Gasteiger partial charge in [0.2, 0.25) is 0 Å². The molecule has 0 spiro atoms. The van der Waals surface area contributed by atoms with E-state index in [-0.39, 0.29) is 24.5 Å². The van der Waals surface area contributed by atoms with Gasteiger partial charge < -0.3 is 21.1 Å². The molecule has 6 nitrogen and oxygen atoms in total. The maximum atomic E-state index is 9.51. The highest BCUT2D eigenvalue weighted by atomic mass is 16.3. The van der Waals surface area contributed by atoms with Gasteiger partial charge in [0.25, 0.3) is 0 Å². The number of hydrogen-bond donors (Lipinski definition) is 4. The van der Waals surface area contributed by atoms with E-state index in [1.165, 1.54) is 12.1 Å². The van der Waals surface area contributed by atoms with E-state index in [0.29, 0.717) is 0 Å². The number of hydrogen-bond acceptors (Lipinski definition) is 6. The third kappa shape index (κ3) is 2.63. The van der Waals surface area contributed by atoms with Gasteiger partial charge in [-0.2, -0.15) is 5.10 Å². The standard InChI is InChI=1S/C8H13N3O3/c9-7-2-1-5(10-11-7)8(14)6(13)3-4-12/h1-2,6,8,12-14H,3-4H2,(H2,9,11). The van der Waals surface area contributed by atoms with E-state index in [9.17, 15) is 10.2 Å². The van der Waals surface area contributed by atoms with Crippen LogP contribution in [0.15, 0.2) is 12.1 Å². The van der Waals surface area contributed by atoms with Gasteiger partial charge in [-0.1, -0.05) is 0 Å². The topological polar surface area (TPSA) is 112 Å². The third-order valence-corrected chi connectivity index (χ3v) is 1.80. The second-order valence-corrected chi connectivity index (χ2v) is 2.91.